The number of benzene rings is 1. The largest absolute Gasteiger partial charge is 0.509 e. The average molecular weight is 279 g/mol. The van der Waals surface area contributed by atoms with Gasteiger partial charge in [-0.05, 0) is 18.6 Å². The molecule has 0 aromatic heterocycles. The van der Waals surface area contributed by atoms with Crippen LogP contribution in [-0.4, -0.2) is 15.4 Å². The van der Waals surface area contributed by atoms with Crippen molar-refractivity contribution in [2.24, 2.45) is 0 Å². The standard InChI is InChI=1S/C10H8BF4O2S/c1-3-9-4-8(6-18(15,16)17)5-10(7(9)2)11(12,13)14/h1,4-5H,6H2,2H3/q-1. The van der Waals surface area contributed by atoms with E-state index in [2.05, 4.69) is 0 Å². The molecule has 0 atom stereocenters. The maximum absolute atomic E-state index is 12.7. The Bertz CT molecular complexity index is 614. The molecule has 0 N–H and O–H groups in total. The Kier molecular flexibility index (Phi) is 3.76. The highest BCUT2D eigenvalue weighted by atomic mass is 32.3. The van der Waals surface area contributed by atoms with Crippen molar-refractivity contribution in [1.82, 2.24) is 0 Å². The number of hydrogen-bond acceptors (Lipinski definition) is 2. The molecule has 2 nitrogen and oxygen atoms in total. The van der Waals surface area contributed by atoms with Gasteiger partial charge in [0.2, 0.25) is 0 Å². The summed E-state index contributed by atoms with van der Waals surface area (Å²) in [5.41, 5.74) is -1.57. The van der Waals surface area contributed by atoms with E-state index in [0.29, 0.717) is 6.07 Å². The first-order chi connectivity index (χ1) is 8.04. The van der Waals surface area contributed by atoms with Crippen molar-refractivity contribution in [3.05, 3.63) is 28.8 Å². The Morgan fingerprint density at radius 3 is 2.28 bits per heavy atom. The molecule has 0 aliphatic rings. The normalized spacial score (nSPS) is 12.2. The molecule has 0 aliphatic heterocycles. The zero-order chi connectivity index (χ0) is 14.1. The van der Waals surface area contributed by atoms with Crippen LogP contribution in [0.25, 0.3) is 0 Å². The van der Waals surface area contributed by atoms with Crippen molar-refractivity contribution in [2.45, 2.75) is 12.7 Å². The maximum atomic E-state index is 12.7. The second-order valence-electron chi connectivity index (χ2n) is 3.76. The fraction of sp³-hybridized carbons (Fsp3) is 0.200. The molecule has 0 spiro atoms. The first-order valence-electron chi connectivity index (χ1n) is 4.77. The lowest BCUT2D eigenvalue weighted by atomic mass is 9.75. The van der Waals surface area contributed by atoms with Gasteiger partial charge >= 0.3 is 17.2 Å². The molecule has 18 heavy (non-hydrogen) atoms. The first kappa shape index (κ1) is 14.6. The minimum absolute atomic E-state index is 0.0923. The van der Waals surface area contributed by atoms with Gasteiger partial charge in [0.15, 0.2) is 0 Å². The molecule has 98 valence electrons. The number of terminal acetylenes is 1. The smallest absolute Gasteiger partial charge is 0.445 e. The monoisotopic (exact) mass is 279 g/mol. The Labute approximate surface area is 102 Å². The summed E-state index contributed by atoms with van der Waals surface area (Å²) in [7, 11) is -4.91. The van der Waals surface area contributed by atoms with Gasteiger partial charge in [-0.15, -0.1) is 15.8 Å². The zero-order valence-electron chi connectivity index (χ0n) is 9.25. The quantitative estimate of drug-likeness (QED) is 0.366. The first-order valence-corrected chi connectivity index (χ1v) is 6.32. The highest BCUT2D eigenvalue weighted by Crippen LogP contribution is 2.18. The van der Waals surface area contributed by atoms with Crippen LogP contribution in [0.3, 0.4) is 0 Å². The number of halogens is 4. The van der Waals surface area contributed by atoms with E-state index in [9.17, 15) is 25.3 Å². The molecule has 1 aromatic rings. The van der Waals surface area contributed by atoms with E-state index in [-0.39, 0.29) is 16.7 Å². The predicted molar refractivity (Wildman–Crippen MR) is 61.6 cm³/mol. The van der Waals surface area contributed by atoms with E-state index in [4.69, 9.17) is 6.42 Å². The third kappa shape index (κ3) is 3.50. The number of rotatable bonds is 3. The SMILES string of the molecule is C#Cc1cc(CS(=O)(=O)F)cc([B-](F)(F)F)c1C. The molecule has 8 heteroatoms. The van der Waals surface area contributed by atoms with E-state index >= 15 is 0 Å². The van der Waals surface area contributed by atoms with Crippen molar-refractivity contribution in [3.63, 3.8) is 0 Å². The summed E-state index contributed by atoms with van der Waals surface area (Å²) in [6.07, 6.45) is 5.04. The zero-order valence-corrected chi connectivity index (χ0v) is 10.1. The van der Waals surface area contributed by atoms with Crippen molar-refractivity contribution in [3.8, 4) is 12.3 Å². The van der Waals surface area contributed by atoms with E-state index < -0.39 is 28.4 Å². The lowest BCUT2D eigenvalue weighted by Crippen LogP contribution is -2.37. The van der Waals surface area contributed by atoms with E-state index in [0.717, 1.165) is 6.07 Å². The third-order valence-corrected chi connectivity index (χ3v) is 3.03. The minimum Gasteiger partial charge on any atom is -0.445 e. The summed E-state index contributed by atoms with van der Waals surface area (Å²) < 4.78 is 71.6. The highest BCUT2D eigenvalue weighted by Gasteiger charge is 2.29. The van der Waals surface area contributed by atoms with Crippen LogP contribution < -0.4 is 5.46 Å². The van der Waals surface area contributed by atoms with Gasteiger partial charge in [0.1, 0.15) is 5.75 Å². The molecular formula is C10H8BF4O2S-. The minimum atomic E-state index is -5.34. The van der Waals surface area contributed by atoms with Gasteiger partial charge in [-0.1, -0.05) is 17.6 Å². The van der Waals surface area contributed by atoms with E-state index in [1.807, 2.05) is 5.92 Å². The van der Waals surface area contributed by atoms with Crippen molar-refractivity contribution in [1.29, 1.82) is 0 Å². The summed E-state index contributed by atoms with van der Waals surface area (Å²) in [5.74, 6) is 0.903. The van der Waals surface area contributed by atoms with Crippen LogP contribution in [0.2, 0.25) is 0 Å². The lowest BCUT2D eigenvalue weighted by Gasteiger charge is -2.20. The summed E-state index contributed by atoms with van der Waals surface area (Å²) in [6, 6.07) is 1.69. The van der Waals surface area contributed by atoms with Crippen molar-refractivity contribution >= 4 is 22.7 Å². The summed E-state index contributed by atoms with van der Waals surface area (Å²) in [4.78, 5) is 0. The van der Waals surface area contributed by atoms with Gasteiger partial charge in [-0.2, -0.15) is 8.42 Å². The van der Waals surface area contributed by atoms with Crippen LogP contribution in [0.1, 0.15) is 16.7 Å². The average Bonchev–Trinajstić information content (AvgIpc) is 2.16. The molecule has 0 amide bonds. The molecule has 0 saturated carbocycles. The topological polar surface area (TPSA) is 34.1 Å². The molecule has 0 saturated heterocycles. The van der Waals surface area contributed by atoms with Crippen LogP contribution in [0.15, 0.2) is 12.1 Å². The summed E-state index contributed by atoms with van der Waals surface area (Å²) >= 11 is 0. The predicted octanol–water partition coefficient (Wildman–Crippen LogP) is 1.83. The van der Waals surface area contributed by atoms with Crippen LogP contribution >= 0.6 is 0 Å². The molecule has 0 heterocycles. The fourth-order valence-corrected chi connectivity index (χ4v) is 2.14. The van der Waals surface area contributed by atoms with Crippen LogP contribution in [0, 0.1) is 19.3 Å². The van der Waals surface area contributed by atoms with Crippen LogP contribution in [0.4, 0.5) is 16.8 Å². The second kappa shape index (κ2) is 4.65. The summed E-state index contributed by atoms with van der Waals surface area (Å²) in [6.45, 7) is -4.15. The van der Waals surface area contributed by atoms with E-state index in [1.165, 1.54) is 6.92 Å². The molecule has 1 aromatic carbocycles. The van der Waals surface area contributed by atoms with Gasteiger partial charge in [0.05, 0.1) is 0 Å². The van der Waals surface area contributed by atoms with Crippen LogP contribution in [-0.2, 0) is 16.0 Å². The Morgan fingerprint density at radius 1 is 1.33 bits per heavy atom. The van der Waals surface area contributed by atoms with Gasteiger partial charge in [0, 0.05) is 5.56 Å². The molecule has 0 unspecified atom stereocenters. The Balaban J connectivity index is 3.47. The highest BCUT2D eigenvalue weighted by molar-refractivity contribution is 7.85. The third-order valence-electron chi connectivity index (χ3n) is 2.35. The molecule has 0 bridgehead atoms. The Hall–Kier alpha value is -1.49. The van der Waals surface area contributed by atoms with E-state index in [1.54, 1.807) is 0 Å². The maximum Gasteiger partial charge on any atom is 0.509 e. The van der Waals surface area contributed by atoms with Crippen LogP contribution in [0.5, 0.6) is 0 Å². The second-order valence-corrected chi connectivity index (χ2v) is 5.13. The summed E-state index contributed by atoms with van der Waals surface area (Å²) in [5, 5.41) is 0. The number of hydrogen-bond donors (Lipinski definition) is 0. The molecule has 0 fully saturated rings. The molecule has 1 rings (SSSR count). The fourth-order valence-electron chi connectivity index (χ4n) is 1.57. The van der Waals surface area contributed by atoms with Gasteiger partial charge in [0.25, 0.3) is 0 Å². The molecular weight excluding hydrogens is 271 g/mol. The molecule has 0 radical (unpaired) electrons. The lowest BCUT2D eigenvalue weighted by molar-refractivity contribution is 0.500. The van der Waals surface area contributed by atoms with Gasteiger partial charge in [-0.25, -0.2) is 0 Å². The van der Waals surface area contributed by atoms with Gasteiger partial charge < -0.3 is 12.9 Å². The Morgan fingerprint density at radius 2 is 1.89 bits per heavy atom. The van der Waals surface area contributed by atoms with Crippen molar-refractivity contribution in [2.75, 3.05) is 0 Å². The van der Waals surface area contributed by atoms with Crippen molar-refractivity contribution < 1.29 is 25.3 Å². The molecule has 0 aliphatic carbocycles. The van der Waals surface area contributed by atoms with Gasteiger partial charge in [-0.3, -0.25) is 0 Å².